The van der Waals surface area contributed by atoms with Crippen LogP contribution < -0.4 is 5.32 Å². The molecule has 16 heavy (non-hydrogen) atoms. The molecule has 0 aromatic carbocycles. The maximum atomic E-state index is 5.40. The van der Waals surface area contributed by atoms with Crippen molar-refractivity contribution in [1.82, 2.24) is 15.5 Å². The monoisotopic (exact) mass is 225 g/mol. The smallest absolute Gasteiger partial charge is 0.233 e. The fourth-order valence-corrected chi connectivity index (χ4v) is 2.18. The summed E-state index contributed by atoms with van der Waals surface area (Å²) in [7, 11) is 1.88. The summed E-state index contributed by atoms with van der Waals surface area (Å²) in [6.45, 7) is 4.40. The second kappa shape index (κ2) is 4.93. The van der Waals surface area contributed by atoms with Gasteiger partial charge < -0.3 is 14.6 Å². The van der Waals surface area contributed by atoms with Crippen LogP contribution in [0.1, 0.15) is 37.9 Å². The Labute approximate surface area is 95.6 Å². The van der Waals surface area contributed by atoms with Crippen molar-refractivity contribution in [1.29, 1.82) is 0 Å². The van der Waals surface area contributed by atoms with Crippen LogP contribution >= 0.6 is 0 Å². The highest BCUT2D eigenvalue weighted by Crippen LogP contribution is 2.36. The van der Waals surface area contributed by atoms with E-state index in [9.17, 15) is 0 Å². The predicted molar refractivity (Wildman–Crippen MR) is 59.1 cm³/mol. The van der Waals surface area contributed by atoms with Crippen LogP contribution in [0.4, 0.5) is 0 Å². The maximum absolute atomic E-state index is 5.40. The summed E-state index contributed by atoms with van der Waals surface area (Å²) in [5.41, 5.74) is 0.0389. The van der Waals surface area contributed by atoms with E-state index in [-0.39, 0.29) is 5.41 Å². The number of nitrogens with zero attached hydrogens (tertiary/aromatic N) is 2. The van der Waals surface area contributed by atoms with Gasteiger partial charge in [-0.3, -0.25) is 0 Å². The van der Waals surface area contributed by atoms with E-state index in [0.29, 0.717) is 6.54 Å². The minimum Gasteiger partial charge on any atom is -0.381 e. The molecule has 1 fully saturated rings. The van der Waals surface area contributed by atoms with Gasteiger partial charge in [-0.15, -0.1) is 0 Å². The molecule has 5 heteroatoms. The van der Waals surface area contributed by atoms with Gasteiger partial charge in [0, 0.05) is 13.2 Å². The molecular weight excluding hydrogens is 206 g/mol. The minimum atomic E-state index is 0.0389. The first-order valence-electron chi connectivity index (χ1n) is 5.86. The zero-order valence-corrected chi connectivity index (χ0v) is 9.95. The molecule has 0 radical (unpaired) electrons. The Bertz CT molecular complexity index is 332. The van der Waals surface area contributed by atoms with E-state index in [1.165, 1.54) is 0 Å². The van der Waals surface area contributed by atoms with E-state index in [0.717, 1.165) is 44.2 Å². The summed E-state index contributed by atoms with van der Waals surface area (Å²) in [4.78, 5) is 4.47. The molecule has 1 aliphatic heterocycles. The lowest BCUT2D eigenvalue weighted by molar-refractivity contribution is 0.0359. The molecule has 1 N–H and O–H groups in total. The number of ether oxygens (including phenoxy) is 1. The molecule has 0 bridgehead atoms. The van der Waals surface area contributed by atoms with E-state index in [1.54, 1.807) is 0 Å². The summed E-state index contributed by atoms with van der Waals surface area (Å²) in [6, 6.07) is 0. The average molecular weight is 225 g/mol. The van der Waals surface area contributed by atoms with E-state index in [2.05, 4.69) is 22.4 Å². The minimum absolute atomic E-state index is 0.0389. The highest BCUT2D eigenvalue weighted by atomic mass is 16.5. The third kappa shape index (κ3) is 2.10. The second-order valence-corrected chi connectivity index (χ2v) is 4.29. The normalized spacial score (nSPS) is 19.9. The zero-order chi connectivity index (χ0) is 11.4. The van der Waals surface area contributed by atoms with Gasteiger partial charge in [0.2, 0.25) is 5.89 Å². The van der Waals surface area contributed by atoms with Gasteiger partial charge in [0.15, 0.2) is 5.82 Å². The fraction of sp³-hybridized carbons (Fsp3) is 0.818. The molecule has 0 aliphatic carbocycles. The van der Waals surface area contributed by atoms with Crippen LogP contribution in [0, 0.1) is 0 Å². The van der Waals surface area contributed by atoms with Gasteiger partial charge in [-0.2, -0.15) is 4.98 Å². The second-order valence-electron chi connectivity index (χ2n) is 4.29. The van der Waals surface area contributed by atoms with Crippen molar-refractivity contribution in [3.8, 4) is 0 Å². The molecule has 1 aliphatic rings. The maximum Gasteiger partial charge on any atom is 0.233 e. The van der Waals surface area contributed by atoms with E-state index < -0.39 is 0 Å². The summed E-state index contributed by atoms with van der Waals surface area (Å²) in [5, 5.41) is 7.01. The lowest BCUT2D eigenvalue weighted by atomic mass is 9.78. The van der Waals surface area contributed by atoms with E-state index in [1.807, 2.05) is 7.05 Å². The Balaban J connectivity index is 2.18. The Hall–Kier alpha value is -0.940. The third-order valence-corrected chi connectivity index (χ3v) is 3.38. The molecule has 0 unspecified atom stereocenters. The fourth-order valence-electron chi connectivity index (χ4n) is 2.18. The number of nitrogens with one attached hydrogen (secondary N) is 1. The Morgan fingerprint density at radius 2 is 2.12 bits per heavy atom. The number of hydrogen-bond donors (Lipinski definition) is 1. The van der Waals surface area contributed by atoms with Crippen molar-refractivity contribution in [2.75, 3.05) is 20.3 Å². The van der Waals surface area contributed by atoms with Gasteiger partial charge >= 0.3 is 0 Å². The van der Waals surface area contributed by atoms with Crippen LogP contribution in [0.5, 0.6) is 0 Å². The molecule has 1 saturated heterocycles. The first kappa shape index (κ1) is 11.5. The highest BCUT2D eigenvalue weighted by molar-refractivity contribution is 5.06. The molecule has 0 saturated carbocycles. The first-order chi connectivity index (χ1) is 7.80. The van der Waals surface area contributed by atoms with Gasteiger partial charge in [-0.1, -0.05) is 12.1 Å². The van der Waals surface area contributed by atoms with E-state index in [4.69, 9.17) is 9.26 Å². The topological polar surface area (TPSA) is 60.2 Å². The Kier molecular flexibility index (Phi) is 3.56. The van der Waals surface area contributed by atoms with Crippen LogP contribution in [-0.4, -0.2) is 30.4 Å². The summed E-state index contributed by atoms with van der Waals surface area (Å²) < 4.78 is 10.8. The molecule has 2 rings (SSSR count). The SMILES string of the molecule is CCC1(c2nc(CNC)no2)CCOCC1. The van der Waals surface area contributed by atoms with Crippen LogP contribution in [0.2, 0.25) is 0 Å². The van der Waals surface area contributed by atoms with Gasteiger partial charge in [0.25, 0.3) is 0 Å². The molecule has 0 amide bonds. The average Bonchev–Trinajstić information content (AvgIpc) is 2.80. The lowest BCUT2D eigenvalue weighted by Gasteiger charge is -2.32. The number of rotatable bonds is 4. The summed E-state index contributed by atoms with van der Waals surface area (Å²) >= 11 is 0. The van der Waals surface area contributed by atoms with Crippen LogP contribution in [0.3, 0.4) is 0 Å². The molecule has 90 valence electrons. The van der Waals surface area contributed by atoms with Crippen LogP contribution in [0.15, 0.2) is 4.52 Å². The van der Waals surface area contributed by atoms with Gasteiger partial charge in [-0.25, -0.2) is 0 Å². The van der Waals surface area contributed by atoms with Crippen molar-refractivity contribution >= 4 is 0 Å². The molecular formula is C11H19N3O2. The predicted octanol–water partition coefficient (Wildman–Crippen LogP) is 1.25. The van der Waals surface area contributed by atoms with Crippen LogP contribution in [-0.2, 0) is 16.7 Å². The first-order valence-corrected chi connectivity index (χ1v) is 5.86. The summed E-state index contributed by atoms with van der Waals surface area (Å²) in [6.07, 6.45) is 2.98. The molecule has 0 spiro atoms. The number of hydrogen-bond acceptors (Lipinski definition) is 5. The Morgan fingerprint density at radius 1 is 1.38 bits per heavy atom. The van der Waals surface area contributed by atoms with Gasteiger partial charge in [-0.05, 0) is 26.3 Å². The third-order valence-electron chi connectivity index (χ3n) is 3.38. The lowest BCUT2D eigenvalue weighted by Crippen LogP contribution is -2.33. The van der Waals surface area contributed by atoms with Gasteiger partial charge in [0.05, 0.1) is 12.0 Å². The van der Waals surface area contributed by atoms with E-state index >= 15 is 0 Å². The largest absolute Gasteiger partial charge is 0.381 e. The van der Waals surface area contributed by atoms with Gasteiger partial charge in [0.1, 0.15) is 0 Å². The van der Waals surface area contributed by atoms with Crippen molar-refractivity contribution < 1.29 is 9.26 Å². The molecule has 5 nitrogen and oxygen atoms in total. The summed E-state index contributed by atoms with van der Waals surface area (Å²) in [5.74, 6) is 1.51. The molecule has 2 heterocycles. The van der Waals surface area contributed by atoms with Crippen molar-refractivity contribution in [2.45, 2.75) is 38.1 Å². The molecule has 1 aromatic heterocycles. The zero-order valence-electron chi connectivity index (χ0n) is 9.95. The molecule has 0 atom stereocenters. The van der Waals surface area contributed by atoms with Crippen molar-refractivity contribution in [3.63, 3.8) is 0 Å². The highest BCUT2D eigenvalue weighted by Gasteiger charge is 2.37. The van der Waals surface area contributed by atoms with Crippen LogP contribution in [0.25, 0.3) is 0 Å². The standard InChI is InChI=1S/C11H19N3O2/c1-3-11(4-6-15-7-5-11)10-13-9(8-12-2)14-16-10/h12H,3-8H2,1-2H3. The molecule has 1 aromatic rings. The van der Waals surface area contributed by atoms with Crippen molar-refractivity contribution in [3.05, 3.63) is 11.7 Å². The number of aromatic nitrogens is 2. The Morgan fingerprint density at radius 3 is 2.75 bits per heavy atom. The quantitative estimate of drug-likeness (QED) is 0.835. The van der Waals surface area contributed by atoms with Crippen molar-refractivity contribution in [2.24, 2.45) is 0 Å².